The average Bonchev–Trinajstić information content (AvgIpc) is 2.90. The number of ether oxygens (including phenoxy) is 1. The summed E-state index contributed by atoms with van der Waals surface area (Å²) in [6.07, 6.45) is 0. The van der Waals surface area contributed by atoms with Gasteiger partial charge in [0.05, 0.1) is 18.0 Å². The Morgan fingerprint density at radius 2 is 2.08 bits per heavy atom. The predicted molar refractivity (Wildman–Crippen MR) is 98.2 cm³/mol. The van der Waals surface area contributed by atoms with Crippen molar-refractivity contribution in [2.45, 2.75) is 20.1 Å². The number of halogens is 1. The minimum Gasteiger partial charge on any atom is -0.487 e. The lowest BCUT2D eigenvalue weighted by atomic mass is 10.3. The van der Waals surface area contributed by atoms with E-state index in [1.165, 1.54) is 41.7 Å². The number of rotatable bonds is 7. The van der Waals surface area contributed by atoms with Gasteiger partial charge in [0.15, 0.2) is 4.96 Å². The monoisotopic (exact) mass is 377 g/mol. The van der Waals surface area contributed by atoms with Crippen molar-refractivity contribution in [1.82, 2.24) is 14.3 Å². The van der Waals surface area contributed by atoms with Crippen LogP contribution >= 0.6 is 11.3 Å². The molecule has 2 aromatic heterocycles. The molecule has 0 aliphatic carbocycles. The van der Waals surface area contributed by atoms with E-state index < -0.39 is 0 Å². The Morgan fingerprint density at radius 1 is 1.35 bits per heavy atom. The second-order valence-electron chi connectivity index (χ2n) is 6.01. The highest BCUT2D eigenvalue weighted by atomic mass is 32.1. The van der Waals surface area contributed by atoms with Crippen molar-refractivity contribution in [2.75, 3.05) is 20.2 Å². The molecule has 0 fully saturated rings. The Labute approximate surface area is 154 Å². The number of aliphatic hydroxyl groups is 1. The van der Waals surface area contributed by atoms with E-state index in [1.54, 1.807) is 4.40 Å². The first-order chi connectivity index (χ1) is 12.5. The smallest absolute Gasteiger partial charge is 0.259 e. The average molecular weight is 377 g/mol. The Bertz CT molecular complexity index is 953. The third kappa shape index (κ3) is 4.09. The highest BCUT2D eigenvalue weighted by Gasteiger charge is 2.15. The summed E-state index contributed by atoms with van der Waals surface area (Å²) in [5.41, 5.74) is 1.24. The molecule has 2 heterocycles. The predicted octanol–water partition coefficient (Wildman–Crippen LogP) is 2.21. The number of fused-ring (bicyclic) bond motifs is 1. The Morgan fingerprint density at radius 3 is 2.77 bits per heavy atom. The van der Waals surface area contributed by atoms with Crippen LogP contribution in [0.1, 0.15) is 16.3 Å². The van der Waals surface area contributed by atoms with Crippen molar-refractivity contribution in [3.8, 4) is 5.75 Å². The van der Waals surface area contributed by atoms with Gasteiger partial charge in [-0.05, 0) is 38.2 Å². The SMILES string of the molecule is Cc1sc2nc(COc3ccc(F)cc3)cc(=O)n2c1CN(C)CCO. The highest BCUT2D eigenvalue weighted by molar-refractivity contribution is 7.17. The molecule has 0 radical (unpaired) electrons. The van der Waals surface area contributed by atoms with Crippen molar-refractivity contribution in [3.63, 3.8) is 0 Å². The minimum atomic E-state index is -0.331. The Hall–Kier alpha value is -2.29. The van der Waals surface area contributed by atoms with Crippen LogP contribution in [-0.2, 0) is 13.2 Å². The van der Waals surface area contributed by atoms with Crippen LogP contribution in [0.3, 0.4) is 0 Å². The first kappa shape index (κ1) is 18.5. The van der Waals surface area contributed by atoms with Crippen molar-refractivity contribution in [3.05, 3.63) is 62.8 Å². The van der Waals surface area contributed by atoms with Gasteiger partial charge in [-0.3, -0.25) is 14.1 Å². The molecule has 3 aromatic rings. The lowest BCUT2D eigenvalue weighted by Gasteiger charge is -2.15. The fourth-order valence-electron chi connectivity index (χ4n) is 2.63. The van der Waals surface area contributed by atoms with E-state index in [1.807, 2.05) is 18.9 Å². The molecule has 0 unspecified atom stereocenters. The zero-order valence-electron chi connectivity index (χ0n) is 14.6. The van der Waals surface area contributed by atoms with Crippen molar-refractivity contribution in [1.29, 1.82) is 0 Å². The molecule has 6 nitrogen and oxygen atoms in total. The fraction of sp³-hybridized carbons (Fsp3) is 0.333. The third-order valence-corrected chi connectivity index (χ3v) is 4.96. The van der Waals surface area contributed by atoms with E-state index in [2.05, 4.69) is 4.98 Å². The zero-order valence-corrected chi connectivity index (χ0v) is 15.4. The molecule has 1 N–H and O–H groups in total. The van der Waals surface area contributed by atoms with Gasteiger partial charge in [0.1, 0.15) is 18.2 Å². The van der Waals surface area contributed by atoms with E-state index in [9.17, 15) is 9.18 Å². The van der Waals surface area contributed by atoms with E-state index in [0.717, 1.165) is 10.6 Å². The van der Waals surface area contributed by atoms with Gasteiger partial charge in [0.25, 0.3) is 5.56 Å². The van der Waals surface area contributed by atoms with Crippen molar-refractivity contribution in [2.24, 2.45) is 0 Å². The van der Waals surface area contributed by atoms with Crippen LogP contribution in [0.5, 0.6) is 5.75 Å². The maximum atomic E-state index is 12.9. The summed E-state index contributed by atoms with van der Waals surface area (Å²) in [7, 11) is 1.89. The quantitative estimate of drug-likeness (QED) is 0.684. The molecule has 0 aliphatic rings. The van der Waals surface area contributed by atoms with Crippen LogP contribution in [-0.4, -0.2) is 39.6 Å². The molecule has 0 bridgehead atoms. The van der Waals surface area contributed by atoms with Crippen LogP contribution in [0, 0.1) is 12.7 Å². The molecular weight excluding hydrogens is 357 g/mol. The second kappa shape index (κ2) is 7.94. The summed E-state index contributed by atoms with van der Waals surface area (Å²) in [6, 6.07) is 7.16. The number of thiazole rings is 1. The molecule has 26 heavy (non-hydrogen) atoms. The topological polar surface area (TPSA) is 67.1 Å². The lowest BCUT2D eigenvalue weighted by molar-refractivity contribution is 0.215. The summed E-state index contributed by atoms with van der Waals surface area (Å²) in [5, 5.41) is 9.05. The summed E-state index contributed by atoms with van der Waals surface area (Å²) in [4.78, 5) is 20.7. The van der Waals surface area contributed by atoms with Gasteiger partial charge in [-0.15, -0.1) is 11.3 Å². The van der Waals surface area contributed by atoms with Gasteiger partial charge >= 0.3 is 0 Å². The number of benzene rings is 1. The largest absolute Gasteiger partial charge is 0.487 e. The molecule has 8 heteroatoms. The van der Waals surface area contributed by atoms with Gasteiger partial charge in [0, 0.05) is 24.0 Å². The molecule has 0 spiro atoms. The molecule has 0 atom stereocenters. The van der Waals surface area contributed by atoms with Crippen molar-refractivity contribution < 1.29 is 14.2 Å². The van der Waals surface area contributed by atoms with Gasteiger partial charge < -0.3 is 9.84 Å². The number of hydrogen-bond acceptors (Lipinski definition) is 6. The van der Waals surface area contributed by atoms with E-state index in [0.29, 0.717) is 29.5 Å². The van der Waals surface area contributed by atoms with Crippen LogP contribution in [0.15, 0.2) is 35.1 Å². The minimum absolute atomic E-state index is 0.0651. The number of aromatic nitrogens is 2. The van der Waals surface area contributed by atoms with E-state index in [-0.39, 0.29) is 24.6 Å². The van der Waals surface area contributed by atoms with E-state index in [4.69, 9.17) is 9.84 Å². The highest BCUT2D eigenvalue weighted by Crippen LogP contribution is 2.21. The van der Waals surface area contributed by atoms with Gasteiger partial charge in [-0.25, -0.2) is 9.37 Å². The first-order valence-corrected chi connectivity index (χ1v) is 8.98. The summed E-state index contributed by atoms with van der Waals surface area (Å²) in [6.45, 7) is 3.24. The molecule has 3 rings (SSSR count). The third-order valence-electron chi connectivity index (χ3n) is 3.96. The second-order valence-corrected chi connectivity index (χ2v) is 7.19. The summed E-state index contributed by atoms with van der Waals surface area (Å²) >= 11 is 1.45. The molecule has 0 amide bonds. The molecular formula is C18H20FN3O3S. The number of hydrogen-bond donors (Lipinski definition) is 1. The normalized spacial score (nSPS) is 11.4. The fourth-order valence-corrected chi connectivity index (χ4v) is 3.63. The van der Waals surface area contributed by atoms with Crippen molar-refractivity contribution >= 4 is 16.3 Å². The van der Waals surface area contributed by atoms with Crippen LogP contribution in [0.25, 0.3) is 4.96 Å². The zero-order chi connectivity index (χ0) is 18.7. The molecule has 0 saturated heterocycles. The lowest BCUT2D eigenvalue weighted by Crippen LogP contribution is -2.25. The summed E-state index contributed by atoms with van der Waals surface area (Å²) in [5.74, 6) is 0.185. The Kier molecular flexibility index (Phi) is 5.65. The standard InChI is InChI=1S/C18H20FN3O3S/c1-12-16(10-21(2)7-8-23)22-17(24)9-14(20-18(22)26-12)11-25-15-5-3-13(19)4-6-15/h3-6,9,23H,7-8,10-11H2,1-2H3. The molecule has 1 aromatic carbocycles. The van der Waals surface area contributed by atoms with Crippen LogP contribution in [0.2, 0.25) is 0 Å². The number of aliphatic hydroxyl groups excluding tert-OH is 1. The van der Waals surface area contributed by atoms with Crippen LogP contribution < -0.4 is 10.3 Å². The maximum Gasteiger partial charge on any atom is 0.259 e. The van der Waals surface area contributed by atoms with E-state index >= 15 is 0 Å². The van der Waals surface area contributed by atoms with Gasteiger partial charge in [-0.2, -0.15) is 0 Å². The number of nitrogens with zero attached hydrogens (tertiary/aromatic N) is 3. The Balaban J connectivity index is 1.84. The van der Waals surface area contributed by atoms with Gasteiger partial charge in [-0.1, -0.05) is 0 Å². The summed E-state index contributed by atoms with van der Waals surface area (Å²) < 4.78 is 20.1. The molecule has 0 saturated carbocycles. The first-order valence-electron chi connectivity index (χ1n) is 8.16. The van der Waals surface area contributed by atoms with Crippen LogP contribution in [0.4, 0.5) is 4.39 Å². The maximum absolute atomic E-state index is 12.9. The van der Waals surface area contributed by atoms with Gasteiger partial charge in [0.2, 0.25) is 0 Å². The molecule has 0 aliphatic heterocycles. The number of likely N-dealkylation sites (N-methyl/N-ethyl adjacent to an activating group) is 1. The number of aryl methyl sites for hydroxylation is 1. The molecule has 138 valence electrons.